The minimum absolute atomic E-state index is 0.0491. The molecule has 2 aliphatic rings. The molecular formula is C20H28N2O4. The van der Waals surface area contributed by atoms with Gasteiger partial charge < -0.3 is 19.3 Å². The van der Waals surface area contributed by atoms with Crippen LogP contribution in [0, 0.1) is 5.92 Å². The number of rotatable bonds is 4. The van der Waals surface area contributed by atoms with Gasteiger partial charge in [-0.05, 0) is 25.0 Å². The molecule has 6 nitrogen and oxygen atoms in total. The number of nitrogens with zero attached hydrogens (tertiary/aromatic N) is 2. The van der Waals surface area contributed by atoms with Crippen LogP contribution in [0.2, 0.25) is 0 Å². The van der Waals surface area contributed by atoms with Crippen LogP contribution in [0.3, 0.4) is 0 Å². The van der Waals surface area contributed by atoms with Gasteiger partial charge in [0.2, 0.25) is 5.91 Å². The Labute approximate surface area is 155 Å². The lowest BCUT2D eigenvalue weighted by molar-refractivity contribution is -0.138. The molecule has 1 aliphatic heterocycles. The zero-order valence-electron chi connectivity index (χ0n) is 15.7. The number of ether oxygens (including phenoxy) is 2. The summed E-state index contributed by atoms with van der Waals surface area (Å²) in [5.41, 5.74) is 0.549. The van der Waals surface area contributed by atoms with Crippen molar-refractivity contribution in [2.75, 3.05) is 40.4 Å². The number of carbonyl (C=O) groups is 2. The minimum atomic E-state index is -0.0491. The van der Waals surface area contributed by atoms with Gasteiger partial charge in [0, 0.05) is 43.7 Å². The van der Waals surface area contributed by atoms with Crippen LogP contribution in [0.1, 0.15) is 42.5 Å². The molecule has 26 heavy (non-hydrogen) atoms. The van der Waals surface area contributed by atoms with Crippen LogP contribution in [0.25, 0.3) is 0 Å². The molecule has 3 rings (SSSR count). The van der Waals surface area contributed by atoms with Gasteiger partial charge in [-0.3, -0.25) is 9.59 Å². The van der Waals surface area contributed by atoms with Crippen LogP contribution in [0.15, 0.2) is 18.2 Å². The van der Waals surface area contributed by atoms with E-state index in [4.69, 9.17) is 9.47 Å². The first-order valence-corrected chi connectivity index (χ1v) is 9.43. The molecule has 2 fully saturated rings. The third kappa shape index (κ3) is 4.11. The van der Waals surface area contributed by atoms with Crippen molar-refractivity contribution in [1.29, 1.82) is 0 Å². The number of amides is 2. The first-order valence-electron chi connectivity index (χ1n) is 9.43. The second-order valence-electron chi connectivity index (χ2n) is 7.05. The highest BCUT2D eigenvalue weighted by Gasteiger charge is 2.30. The fraction of sp³-hybridized carbons (Fsp3) is 0.600. The molecule has 0 N–H and O–H groups in total. The summed E-state index contributed by atoms with van der Waals surface area (Å²) in [5, 5.41) is 0. The van der Waals surface area contributed by atoms with E-state index in [1.165, 1.54) is 6.42 Å². The number of carbonyl (C=O) groups excluding carboxylic acids is 2. The quantitative estimate of drug-likeness (QED) is 0.828. The Hall–Kier alpha value is -2.24. The minimum Gasteiger partial charge on any atom is -0.497 e. The number of methoxy groups -OCH3 is 2. The average Bonchev–Trinajstić information content (AvgIpc) is 2.73. The Morgan fingerprint density at radius 1 is 0.846 bits per heavy atom. The number of hydrogen-bond donors (Lipinski definition) is 0. The van der Waals surface area contributed by atoms with Crippen LogP contribution >= 0.6 is 0 Å². The summed E-state index contributed by atoms with van der Waals surface area (Å²) in [6, 6.07) is 5.20. The van der Waals surface area contributed by atoms with E-state index < -0.39 is 0 Å². The van der Waals surface area contributed by atoms with Gasteiger partial charge >= 0.3 is 0 Å². The third-order valence-corrected chi connectivity index (χ3v) is 5.43. The Balaban J connectivity index is 1.60. The van der Waals surface area contributed by atoms with Crippen molar-refractivity contribution in [1.82, 2.24) is 9.80 Å². The molecular weight excluding hydrogens is 332 g/mol. The standard InChI is InChI=1S/C20H28N2O4/c1-25-17-12-16(13-18(14-17)26-2)20(24)22-10-8-21(9-11-22)19(23)15-6-4-3-5-7-15/h12-15H,3-11H2,1-2H3. The molecule has 1 aromatic rings. The van der Waals surface area contributed by atoms with Crippen molar-refractivity contribution in [3.8, 4) is 11.5 Å². The molecule has 0 bridgehead atoms. The highest BCUT2D eigenvalue weighted by atomic mass is 16.5. The van der Waals surface area contributed by atoms with Gasteiger partial charge in [0.15, 0.2) is 0 Å². The van der Waals surface area contributed by atoms with Crippen molar-refractivity contribution in [2.24, 2.45) is 5.92 Å². The molecule has 0 aromatic heterocycles. The molecule has 1 aliphatic carbocycles. The van der Waals surface area contributed by atoms with E-state index in [0.29, 0.717) is 43.2 Å². The maximum absolute atomic E-state index is 12.8. The lowest BCUT2D eigenvalue weighted by atomic mass is 9.88. The molecule has 1 heterocycles. The predicted octanol–water partition coefficient (Wildman–Crippen LogP) is 2.57. The largest absolute Gasteiger partial charge is 0.497 e. The molecule has 0 radical (unpaired) electrons. The van der Waals surface area contributed by atoms with E-state index in [1.807, 2.05) is 4.90 Å². The molecule has 1 aromatic carbocycles. The van der Waals surface area contributed by atoms with E-state index in [0.717, 1.165) is 25.7 Å². The summed E-state index contributed by atoms with van der Waals surface area (Å²) < 4.78 is 10.5. The molecule has 6 heteroatoms. The Morgan fingerprint density at radius 3 is 1.92 bits per heavy atom. The summed E-state index contributed by atoms with van der Waals surface area (Å²) in [5.74, 6) is 1.61. The highest BCUT2D eigenvalue weighted by Crippen LogP contribution is 2.27. The van der Waals surface area contributed by atoms with Crippen molar-refractivity contribution in [3.63, 3.8) is 0 Å². The van der Waals surface area contributed by atoms with Gasteiger partial charge in [0.05, 0.1) is 14.2 Å². The lowest BCUT2D eigenvalue weighted by Gasteiger charge is -2.37. The normalized spacial score (nSPS) is 18.5. The van der Waals surface area contributed by atoms with Crippen molar-refractivity contribution < 1.29 is 19.1 Å². The van der Waals surface area contributed by atoms with Crippen molar-refractivity contribution >= 4 is 11.8 Å². The Bertz CT molecular complexity index is 625. The van der Waals surface area contributed by atoms with Crippen molar-refractivity contribution in [3.05, 3.63) is 23.8 Å². The molecule has 0 unspecified atom stereocenters. The maximum Gasteiger partial charge on any atom is 0.254 e. The van der Waals surface area contributed by atoms with E-state index in [9.17, 15) is 9.59 Å². The monoisotopic (exact) mass is 360 g/mol. The van der Waals surface area contributed by atoms with Gasteiger partial charge in [0.1, 0.15) is 11.5 Å². The van der Waals surface area contributed by atoms with Crippen LogP contribution in [-0.2, 0) is 4.79 Å². The third-order valence-electron chi connectivity index (χ3n) is 5.43. The van der Waals surface area contributed by atoms with Crippen molar-refractivity contribution in [2.45, 2.75) is 32.1 Å². The molecule has 0 atom stereocenters. The topological polar surface area (TPSA) is 59.1 Å². The first-order chi connectivity index (χ1) is 12.6. The first kappa shape index (κ1) is 18.5. The van der Waals surface area contributed by atoms with E-state index in [1.54, 1.807) is 37.3 Å². The van der Waals surface area contributed by atoms with Gasteiger partial charge in [-0.25, -0.2) is 0 Å². The fourth-order valence-electron chi connectivity index (χ4n) is 3.85. The summed E-state index contributed by atoms with van der Waals surface area (Å²) in [6.07, 6.45) is 5.60. The maximum atomic E-state index is 12.8. The molecule has 142 valence electrons. The van der Waals surface area contributed by atoms with Gasteiger partial charge in [-0.1, -0.05) is 19.3 Å². The molecule has 0 spiro atoms. The second kappa shape index (κ2) is 8.43. The molecule has 1 saturated carbocycles. The second-order valence-corrected chi connectivity index (χ2v) is 7.05. The predicted molar refractivity (Wildman–Crippen MR) is 98.6 cm³/mol. The van der Waals surface area contributed by atoms with E-state index >= 15 is 0 Å². The Morgan fingerprint density at radius 2 is 1.38 bits per heavy atom. The van der Waals surface area contributed by atoms with Gasteiger partial charge in [0.25, 0.3) is 5.91 Å². The van der Waals surface area contributed by atoms with Gasteiger partial charge in [-0.2, -0.15) is 0 Å². The zero-order chi connectivity index (χ0) is 18.5. The molecule has 1 saturated heterocycles. The number of benzene rings is 1. The summed E-state index contributed by atoms with van der Waals surface area (Å²) >= 11 is 0. The lowest BCUT2D eigenvalue weighted by Crippen LogP contribution is -2.52. The van der Waals surface area contributed by atoms with E-state index in [-0.39, 0.29) is 17.7 Å². The molecule has 2 amide bonds. The number of hydrogen-bond acceptors (Lipinski definition) is 4. The zero-order valence-corrected chi connectivity index (χ0v) is 15.7. The van der Waals surface area contributed by atoms with Crippen LogP contribution in [0.5, 0.6) is 11.5 Å². The smallest absolute Gasteiger partial charge is 0.254 e. The summed E-state index contributed by atoms with van der Waals surface area (Å²) in [7, 11) is 3.14. The SMILES string of the molecule is COc1cc(OC)cc(C(=O)N2CCN(C(=O)C3CCCCC3)CC2)c1. The average molecular weight is 360 g/mol. The van der Waals surface area contributed by atoms with Crippen LogP contribution < -0.4 is 9.47 Å². The Kier molecular flexibility index (Phi) is 6.01. The fourth-order valence-corrected chi connectivity index (χ4v) is 3.85. The van der Waals surface area contributed by atoms with Crippen LogP contribution in [-0.4, -0.2) is 62.0 Å². The highest BCUT2D eigenvalue weighted by molar-refractivity contribution is 5.95. The van der Waals surface area contributed by atoms with Crippen LogP contribution in [0.4, 0.5) is 0 Å². The van der Waals surface area contributed by atoms with E-state index in [2.05, 4.69) is 0 Å². The number of piperazine rings is 1. The summed E-state index contributed by atoms with van der Waals surface area (Å²) in [6.45, 7) is 2.36. The summed E-state index contributed by atoms with van der Waals surface area (Å²) in [4.78, 5) is 29.2. The van der Waals surface area contributed by atoms with Gasteiger partial charge in [-0.15, -0.1) is 0 Å².